The highest BCUT2D eigenvalue weighted by molar-refractivity contribution is 5.55. The molecule has 2 aromatic rings. The minimum absolute atomic E-state index is 0.257. The van der Waals surface area contributed by atoms with Crippen molar-refractivity contribution in [3.63, 3.8) is 0 Å². The average Bonchev–Trinajstić information content (AvgIpc) is 2.93. The monoisotopic (exact) mass is 266 g/mol. The van der Waals surface area contributed by atoms with Crippen LogP contribution in [0.2, 0.25) is 0 Å². The van der Waals surface area contributed by atoms with Crippen molar-refractivity contribution in [3.8, 4) is 11.4 Å². The average molecular weight is 266 g/mol. The lowest BCUT2D eigenvalue weighted by molar-refractivity contribution is 0.405. The number of piperazine rings is 1. The molecule has 1 N–H and O–H groups in total. The fraction of sp³-hybridized carbons (Fsp3) is 0.333. The second-order valence-electron chi connectivity index (χ2n) is 4.27. The Morgan fingerprint density at radius 2 is 1.95 bits per heavy atom. The Bertz CT molecular complexity index is 581. The zero-order chi connectivity index (χ0) is 13.2. The lowest BCUT2D eigenvalue weighted by atomic mass is 10.2. The molecule has 19 heavy (non-hydrogen) atoms. The number of aromatic nitrogens is 2. The van der Waals surface area contributed by atoms with Gasteiger partial charge in [0.2, 0.25) is 5.82 Å². The standard InChI is InChI=1S/C12H12F2N4O/c13-9-2-1-8(7-10(9)14)11-16-12(19-17-11)18-5-3-15-4-6-18/h1-2,7,15H,3-6H2. The lowest BCUT2D eigenvalue weighted by Crippen LogP contribution is -2.43. The summed E-state index contributed by atoms with van der Waals surface area (Å²) in [4.78, 5) is 6.16. The second kappa shape index (κ2) is 4.93. The van der Waals surface area contributed by atoms with E-state index in [1.165, 1.54) is 6.07 Å². The summed E-state index contributed by atoms with van der Waals surface area (Å²) in [6.45, 7) is 3.25. The zero-order valence-corrected chi connectivity index (χ0v) is 10.1. The number of rotatable bonds is 2. The fourth-order valence-electron chi connectivity index (χ4n) is 1.95. The predicted molar refractivity (Wildman–Crippen MR) is 64.7 cm³/mol. The minimum Gasteiger partial charge on any atom is -0.322 e. The van der Waals surface area contributed by atoms with Crippen LogP contribution in [0.25, 0.3) is 11.4 Å². The van der Waals surface area contributed by atoms with E-state index in [0.717, 1.165) is 38.3 Å². The van der Waals surface area contributed by atoms with Gasteiger partial charge in [-0.3, -0.25) is 0 Å². The molecule has 0 aliphatic carbocycles. The highest BCUT2D eigenvalue weighted by Gasteiger charge is 2.18. The van der Waals surface area contributed by atoms with E-state index in [2.05, 4.69) is 15.5 Å². The molecule has 1 saturated heterocycles. The van der Waals surface area contributed by atoms with Crippen molar-refractivity contribution in [1.82, 2.24) is 15.5 Å². The van der Waals surface area contributed by atoms with Gasteiger partial charge in [-0.2, -0.15) is 4.98 Å². The van der Waals surface area contributed by atoms with Gasteiger partial charge in [-0.05, 0) is 18.2 Å². The molecule has 5 nitrogen and oxygen atoms in total. The molecule has 0 spiro atoms. The first kappa shape index (κ1) is 12.0. The number of hydrogen-bond donors (Lipinski definition) is 1. The van der Waals surface area contributed by atoms with Gasteiger partial charge in [-0.1, -0.05) is 5.16 Å². The molecule has 2 heterocycles. The van der Waals surface area contributed by atoms with Gasteiger partial charge >= 0.3 is 6.01 Å². The Balaban J connectivity index is 1.85. The SMILES string of the molecule is Fc1ccc(-c2noc(N3CCNCC3)n2)cc1F. The van der Waals surface area contributed by atoms with Crippen LogP contribution in [0.5, 0.6) is 0 Å². The van der Waals surface area contributed by atoms with Gasteiger partial charge in [-0.25, -0.2) is 8.78 Å². The van der Waals surface area contributed by atoms with Crippen molar-refractivity contribution in [2.24, 2.45) is 0 Å². The van der Waals surface area contributed by atoms with E-state index >= 15 is 0 Å². The Hall–Kier alpha value is -2.02. The second-order valence-corrected chi connectivity index (χ2v) is 4.27. The van der Waals surface area contributed by atoms with E-state index in [0.29, 0.717) is 11.6 Å². The first-order valence-electron chi connectivity index (χ1n) is 5.99. The quantitative estimate of drug-likeness (QED) is 0.891. The predicted octanol–water partition coefficient (Wildman–Crippen LogP) is 1.42. The molecule has 1 aromatic carbocycles. The Labute approximate surface area is 108 Å². The normalized spacial score (nSPS) is 15.8. The summed E-state index contributed by atoms with van der Waals surface area (Å²) in [5.74, 6) is -1.56. The number of halogens is 2. The summed E-state index contributed by atoms with van der Waals surface area (Å²) in [7, 11) is 0. The van der Waals surface area contributed by atoms with Crippen molar-refractivity contribution in [2.45, 2.75) is 0 Å². The first-order chi connectivity index (χ1) is 9.24. The molecular weight excluding hydrogens is 254 g/mol. The molecule has 0 atom stereocenters. The van der Waals surface area contributed by atoms with E-state index in [1.807, 2.05) is 4.90 Å². The van der Waals surface area contributed by atoms with Crippen LogP contribution in [0.15, 0.2) is 22.7 Å². The van der Waals surface area contributed by atoms with Crippen molar-refractivity contribution < 1.29 is 13.3 Å². The van der Waals surface area contributed by atoms with E-state index < -0.39 is 11.6 Å². The van der Waals surface area contributed by atoms with Crippen LogP contribution in [-0.2, 0) is 0 Å². The largest absolute Gasteiger partial charge is 0.324 e. The number of anilines is 1. The molecule has 1 aromatic heterocycles. The summed E-state index contributed by atoms with van der Waals surface area (Å²) < 4.78 is 31.2. The maximum absolute atomic E-state index is 13.1. The molecule has 0 radical (unpaired) electrons. The topological polar surface area (TPSA) is 54.2 Å². The number of benzene rings is 1. The summed E-state index contributed by atoms with van der Waals surface area (Å²) in [5.41, 5.74) is 0.393. The number of nitrogens with zero attached hydrogens (tertiary/aromatic N) is 3. The third-order valence-corrected chi connectivity index (χ3v) is 2.98. The van der Waals surface area contributed by atoms with Crippen LogP contribution in [0.1, 0.15) is 0 Å². The van der Waals surface area contributed by atoms with E-state index in [1.54, 1.807) is 0 Å². The van der Waals surface area contributed by atoms with Crippen LogP contribution >= 0.6 is 0 Å². The molecule has 3 rings (SSSR count). The van der Waals surface area contributed by atoms with E-state index in [-0.39, 0.29) is 5.82 Å². The Morgan fingerprint density at radius 3 is 2.68 bits per heavy atom. The van der Waals surface area contributed by atoms with Crippen LogP contribution in [0.3, 0.4) is 0 Å². The Morgan fingerprint density at radius 1 is 1.16 bits per heavy atom. The summed E-state index contributed by atoms with van der Waals surface area (Å²) >= 11 is 0. The molecular formula is C12H12F2N4O. The summed E-state index contributed by atoms with van der Waals surface area (Å²) in [6.07, 6.45) is 0. The fourth-order valence-corrected chi connectivity index (χ4v) is 1.95. The smallest absolute Gasteiger partial charge is 0.322 e. The van der Waals surface area contributed by atoms with Gasteiger partial charge in [0.1, 0.15) is 0 Å². The number of nitrogens with one attached hydrogen (secondary N) is 1. The highest BCUT2D eigenvalue weighted by atomic mass is 19.2. The molecule has 0 bridgehead atoms. The van der Waals surface area contributed by atoms with E-state index in [9.17, 15) is 8.78 Å². The van der Waals surface area contributed by atoms with Crippen molar-refractivity contribution in [2.75, 3.05) is 31.1 Å². The van der Waals surface area contributed by atoms with Gasteiger partial charge in [0.05, 0.1) is 0 Å². The van der Waals surface area contributed by atoms with Gasteiger partial charge in [0.15, 0.2) is 11.6 Å². The zero-order valence-electron chi connectivity index (χ0n) is 10.1. The van der Waals surface area contributed by atoms with Gasteiger partial charge in [-0.15, -0.1) is 0 Å². The van der Waals surface area contributed by atoms with Gasteiger partial charge in [0, 0.05) is 31.7 Å². The third kappa shape index (κ3) is 2.41. The van der Waals surface area contributed by atoms with Gasteiger partial charge in [0.25, 0.3) is 0 Å². The molecule has 1 aliphatic rings. The highest BCUT2D eigenvalue weighted by Crippen LogP contribution is 2.21. The summed E-state index contributed by atoms with van der Waals surface area (Å²) in [6, 6.07) is 3.93. The van der Waals surface area contributed by atoms with Crippen LogP contribution in [0, 0.1) is 11.6 Å². The van der Waals surface area contributed by atoms with Gasteiger partial charge < -0.3 is 14.7 Å². The lowest BCUT2D eigenvalue weighted by Gasteiger charge is -2.24. The summed E-state index contributed by atoms with van der Waals surface area (Å²) in [5, 5.41) is 7.01. The minimum atomic E-state index is -0.925. The molecule has 1 aliphatic heterocycles. The maximum Gasteiger partial charge on any atom is 0.324 e. The van der Waals surface area contributed by atoms with Crippen LogP contribution < -0.4 is 10.2 Å². The molecule has 1 fully saturated rings. The van der Waals surface area contributed by atoms with Crippen LogP contribution in [0.4, 0.5) is 14.8 Å². The van der Waals surface area contributed by atoms with Crippen molar-refractivity contribution in [3.05, 3.63) is 29.8 Å². The van der Waals surface area contributed by atoms with Crippen molar-refractivity contribution >= 4 is 6.01 Å². The molecule has 0 unspecified atom stereocenters. The Kier molecular flexibility index (Phi) is 3.12. The molecule has 100 valence electrons. The maximum atomic E-state index is 13.1. The molecule has 7 heteroatoms. The van der Waals surface area contributed by atoms with Crippen molar-refractivity contribution in [1.29, 1.82) is 0 Å². The van der Waals surface area contributed by atoms with E-state index in [4.69, 9.17) is 4.52 Å². The molecule has 0 amide bonds. The van der Waals surface area contributed by atoms with Crippen LogP contribution in [-0.4, -0.2) is 36.3 Å². The first-order valence-corrected chi connectivity index (χ1v) is 5.99. The number of hydrogen-bond acceptors (Lipinski definition) is 5. The molecule has 0 saturated carbocycles. The third-order valence-electron chi connectivity index (χ3n) is 2.98.